The Hall–Kier alpha value is -1.32. The monoisotopic (exact) mass is 689 g/mol. The Balaban J connectivity index is 3.94. The molecule has 0 saturated carbocycles. The summed E-state index contributed by atoms with van der Waals surface area (Å²) in [7, 11) is 0. The number of hydrogen-bond donors (Lipinski definition) is 2. The zero-order valence-electron chi connectivity index (χ0n) is 33.8. The Bertz CT molecular complexity index is 721. The summed E-state index contributed by atoms with van der Waals surface area (Å²) in [4.78, 5) is 24.9. The maximum Gasteiger partial charge on any atom is 0.220 e. The minimum atomic E-state index is 0.0595. The highest BCUT2D eigenvalue weighted by Gasteiger charge is 2.15. The van der Waals surface area contributed by atoms with E-state index >= 15 is 0 Å². The van der Waals surface area contributed by atoms with Gasteiger partial charge in [-0.1, -0.05) is 206 Å². The molecule has 0 radical (unpaired) electrons. The first-order chi connectivity index (χ1) is 24.0. The molecular weight excluding hydrogens is 601 g/mol. The van der Waals surface area contributed by atoms with Crippen molar-refractivity contribution in [1.82, 2.24) is 10.6 Å². The molecule has 0 bridgehead atoms. The Labute approximate surface area is 308 Å². The fourth-order valence-electron chi connectivity index (χ4n) is 7.09. The number of nitrogens with one attached hydrogen (secondary N) is 2. The van der Waals surface area contributed by atoms with E-state index in [2.05, 4.69) is 31.1 Å². The molecule has 0 aliphatic carbocycles. The van der Waals surface area contributed by atoms with Crippen molar-refractivity contribution in [3.63, 3.8) is 0 Å². The molecule has 0 heterocycles. The van der Waals surface area contributed by atoms with Crippen LogP contribution in [-0.2, 0) is 9.59 Å². The van der Waals surface area contributed by atoms with Crippen molar-refractivity contribution in [2.24, 2.45) is 0 Å². The largest absolute Gasteiger partial charge is 0.356 e. The van der Waals surface area contributed by atoms with E-state index in [0.29, 0.717) is 25.8 Å². The first kappa shape index (κ1) is 47.7. The van der Waals surface area contributed by atoms with Crippen LogP contribution in [0.3, 0.4) is 0 Å². The van der Waals surface area contributed by atoms with E-state index in [0.717, 1.165) is 32.1 Å². The SMILES string of the molecule is C=C(CCCCCCCCCCCCCCCCC)CCC(CCC(=O)NCC)NC(=O)CCCCCCCCCCCCCCCCC. The van der Waals surface area contributed by atoms with Gasteiger partial charge in [-0.15, -0.1) is 0 Å². The van der Waals surface area contributed by atoms with Gasteiger partial charge < -0.3 is 10.6 Å². The lowest BCUT2D eigenvalue weighted by atomic mass is 9.98. The average Bonchev–Trinajstić information content (AvgIpc) is 3.09. The number of hydrogen-bond acceptors (Lipinski definition) is 2. The molecule has 0 spiro atoms. The molecule has 4 nitrogen and oxygen atoms in total. The van der Waals surface area contributed by atoms with E-state index < -0.39 is 0 Å². The van der Waals surface area contributed by atoms with Crippen LogP contribution in [0, 0.1) is 0 Å². The molecule has 49 heavy (non-hydrogen) atoms. The molecule has 4 heteroatoms. The predicted octanol–water partition coefficient (Wildman–Crippen LogP) is 14.2. The van der Waals surface area contributed by atoms with Crippen LogP contribution < -0.4 is 10.6 Å². The van der Waals surface area contributed by atoms with E-state index in [4.69, 9.17) is 0 Å². The third-order valence-electron chi connectivity index (χ3n) is 10.4. The maximum atomic E-state index is 12.8. The van der Waals surface area contributed by atoms with Crippen molar-refractivity contribution >= 4 is 11.8 Å². The third kappa shape index (κ3) is 37.8. The summed E-state index contributed by atoms with van der Waals surface area (Å²) in [5.74, 6) is 0.240. The summed E-state index contributed by atoms with van der Waals surface area (Å²) in [5.41, 5.74) is 1.30. The van der Waals surface area contributed by atoms with E-state index in [1.807, 2.05) is 6.92 Å². The zero-order valence-corrected chi connectivity index (χ0v) is 33.8. The molecule has 0 rings (SSSR count). The predicted molar refractivity (Wildman–Crippen MR) is 217 cm³/mol. The Kier molecular flexibility index (Phi) is 38.4. The molecule has 0 saturated heterocycles. The molecule has 0 aliphatic heterocycles. The normalized spacial score (nSPS) is 11.9. The topological polar surface area (TPSA) is 58.2 Å². The van der Waals surface area contributed by atoms with Gasteiger partial charge in [0.2, 0.25) is 11.8 Å². The summed E-state index contributed by atoms with van der Waals surface area (Å²) in [6, 6.07) is 0.0595. The van der Waals surface area contributed by atoms with Gasteiger partial charge in [0.25, 0.3) is 0 Å². The number of amides is 2. The van der Waals surface area contributed by atoms with E-state index in [1.165, 1.54) is 185 Å². The molecule has 2 N–H and O–H groups in total. The molecule has 2 amide bonds. The summed E-state index contributed by atoms with van der Waals surface area (Å²) >= 11 is 0. The van der Waals surface area contributed by atoms with E-state index in [9.17, 15) is 9.59 Å². The molecule has 0 aromatic carbocycles. The molecule has 0 aromatic heterocycles. The number of allylic oxidation sites excluding steroid dienone is 1. The van der Waals surface area contributed by atoms with Gasteiger partial charge >= 0.3 is 0 Å². The lowest BCUT2D eigenvalue weighted by Crippen LogP contribution is -2.36. The van der Waals surface area contributed by atoms with Crippen molar-refractivity contribution in [3.05, 3.63) is 12.2 Å². The fourth-order valence-corrected chi connectivity index (χ4v) is 7.09. The van der Waals surface area contributed by atoms with Crippen LogP contribution in [0.2, 0.25) is 0 Å². The fraction of sp³-hybridized carbons (Fsp3) is 0.911. The summed E-state index contributed by atoms with van der Waals surface area (Å²) in [6.45, 7) is 11.6. The van der Waals surface area contributed by atoms with Crippen molar-refractivity contribution < 1.29 is 9.59 Å². The van der Waals surface area contributed by atoms with Crippen LogP contribution in [0.25, 0.3) is 0 Å². The molecule has 0 aliphatic rings. The van der Waals surface area contributed by atoms with Gasteiger partial charge in [-0.25, -0.2) is 0 Å². The summed E-state index contributed by atoms with van der Waals surface area (Å²) in [5, 5.41) is 6.19. The van der Waals surface area contributed by atoms with Crippen LogP contribution >= 0.6 is 0 Å². The van der Waals surface area contributed by atoms with Crippen molar-refractivity contribution in [2.45, 2.75) is 258 Å². The third-order valence-corrected chi connectivity index (χ3v) is 10.4. The van der Waals surface area contributed by atoms with Gasteiger partial charge in [-0.2, -0.15) is 0 Å². The van der Waals surface area contributed by atoms with E-state index in [1.54, 1.807) is 0 Å². The number of unbranched alkanes of at least 4 members (excludes halogenated alkanes) is 28. The second-order valence-corrected chi connectivity index (χ2v) is 15.4. The van der Waals surface area contributed by atoms with Crippen LogP contribution in [0.4, 0.5) is 0 Å². The highest BCUT2D eigenvalue weighted by molar-refractivity contribution is 5.77. The molecule has 1 unspecified atom stereocenters. The minimum Gasteiger partial charge on any atom is -0.356 e. The van der Waals surface area contributed by atoms with Crippen LogP contribution in [0.1, 0.15) is 252 Å². The minimum absolute atomic E-state index is 0.0595. The van der Waals surface area contributed by atoms with Crippen molar-refractivity contribution in [2.75, 3.05) is 6.54 Å². The first-order valence-electron chi connectivity index (χ1n) is 22.3. The Morgan fingerprint density at radius 2 is 0.735 bits per heavy atom. The lowest BCUT2D eigenvalue weighted by Gasteiger charge is -2.19. The van der Waals surface area contributed by atoms with Crippen molar-refractivity contribution in [1.29, 1.82) is 0 Å². The maximum absolute atomic E-state index is 12.8. The standard InChI is InChI=1S/C45H88N2O2/c1-5-8-10-12-14-16-18-20-22-24-26-28-30-32-34-36-42(4)38-39-43(40-41-44(48)46-7-3)47-45(49)37-35-33-31-29-27-25-23-21-19-17-15-13-11-9-6-2/h43H,4-41H2,1-3H3,(H,46,48)(H,47,49). The number of carbonyl (C=O) groups excluding carboxylic acids is 2. The molecule has 1 atom stereocenters. The number of rotatable bonds is 40. The van der Waals surface area contributed by atoms with Crippen LogP contribution in [0.15, 0.2) is 12.2 Å². The van der Waals surface area contributed by atoms with Gasteiger partial charge in [0.15, 0.2) is 0 Å². The summed E-state index contributed by atoms with van der Waals surface area (Å²) in [6.07, 6.45) is 45.6. The smallest absolute Gasteiger partial charge is 0.220 e. The molecule has 290 valence electrons. The second-order valence-electron chi connectivity index (χ2n) is 15.4. The number of carbonyl (C=O) groups is 2. The lowest BCUT2D eigenvalue weighted by molar-refractivity contribution is -0.123. The highest BCUT2D eigenvalue weighted by Crippen LogP contribution is 2.19. The summed E-state index contributed by atoms with van der Waals surface area (Å²) < 4.78 is 0. The highest BCUT2D eigenvalue weighted by atomic mass is 16.2. The van der Waals surface area contributed by atoms with E-state index in [-0.39, 0.29) is 17.9 Å². The van der Waals surface area contributed by atoms with Gasteiger partial charge in [-0.05, 0) is 45.4 Å². The first-order valence-corrected chi connectivity index (χ1v) is 22.3. The molecular formula is C45H88N2O2. The zero-order chi connectivity index (χ0) is 35.9. The van der Waals surface area contributed by atoms with Gasteiger partial charge in [0.1, 0.15) is 0 Å². The second kappa shape index (κ2) is 39.5. The van der Waals surface area contributed by atoms with Crippen LogP contribution in [-0.4, -0.2) is 24.4 Å². The average molecular weight is 689 g/mol. The molecule has 0 aromatic rings. The van der Waals surface area contributed by atoms with Gasteiger partial charge in [0, 0.05) is 25.4 Å². The van der Waals surface area contributed by atoms with Crippen LogP contribution in [0.5, 0.6) is 0 Å². The van der Waals surface area contributed by atoms with Gasteiger partial charge in [0.05, 0.1) is 0 Å². The van der Waals surface area contributed by atoms with Gasteiger partial charge in [-0.3, -0.25) is 9.59 Å². The quantitative estimate of drug-likeness (QED) is 0.0497. The van der Waals surface area contributed by atoms with Crippen molar-refractivity contribution in [3.8, 4) is 0 Å². The Morgan fingerprint density at radius 3 is 1.10 bits per heavy atom. The Morgan fingerprint density at radius 1 is 0.408 bits per heavy atom. The molecule has 0 fully saturated rings.